The Balaban J connectivity index is 1.46. The smallest absolute Gasteiger partial charge is 0.253 e. The zero-order valence-corrected chi connectivity index (χ0v) is 15.8. The van der Waals surface area contributed by atoms with Crippen LogP contribution in [0.25, 0.3) is 0 Å². The summed E-state index contributed by atoms with van der Waals surface area (Å²) in [7, 11) is 0. The number of rotatable bonds is 6. The summed E-state index contributed by atoms with van der Waals surface area (Å²) in [6.45, 7) is 1.15. The molecule has 1 fully saturated rings. The molecule has 2 aromatic carbocycles. The number of amides is 3. The maximum Gasteiger partial charge on any atom is 0.253 e. The Kier molecular flexibility index (Phi) is 6.42. The molecule has 1 aliphatic rings. The lowest BCUT2D eigenvalue weighted by Gasteiger charge is -2.32. The lowest BCUT2D eigenvalue weighted by atomic mass is 10.0. The lowest BCUT2D eigenvalue weighted by molar-refractivity contribution is -0.122. The van der Waals surface area contributed by atoms with Gasteiger partial charge in [-0.25, -0.2) is 0 Å². The average Bonchev–Trinajstić information content (AvgIpc) is 2.73. The van der Waals surface area contributed by atoms with Gasteiger partial charge in [0, 0.05) is 36.7 Å². The molecule has 0 radical (unpaired) electrons. The van der Waals surface area contributed by atoms with E-state index in [1.165, 1.54) is 6.07 Å². The van der Waals surface area contributed by atoms with Crippen LogP contribution in [0.3, 0.4) is 0 Å². The molecule has 1 saturated heterocycles. The third kappa shape index (κ3) is 5.19. The summed E-state index contributed by atoms with van der Waals surface area (Å²) in [5.41, 5.74) is 7.22. The Morgan fingerprint density at radius 2 is 1.64 bits per heavy atom. The fourth-order valence-electron chi connectivity index (χ4n) is 3.42. The van der Waals surface area contributed by atoms with Gasteiger partial charge in [0.05, 0.1) is 0 Å². The molecule has 3 rings (SSSR count). The van der Waals surface area contributed by atoms with Crippen molar-refractivity contribution in [2.45, 2.75) is 31.7 Å². The summed E-state index contributed by atoms with van der Waals surface area (Å²) in [6.07, 6.45) is 2.62. The quantitative estimate of drug-likeness (QED) is 0.805. The van der Waals surface area contributed by atoms with E-state index in [0.717, 1.165) is 24.8 Å². The molecular weight excluding hydrogens is 354 g/mol. The van der Waals surface area contributed by atoms with Gasteiger partial charge >= 0.3 is 0 Å². The van der Waals surface area contributed by atoms with Gasteiger partial charge in [-0.05, 0) is 43.0 Å². The molecule has 28 heavy (non-hydrogen) atoms. The van der Waals surface area contributed by atoms with Crippen molar-refractivity contribution in [2.24, 2.45) is 5.73 Å². The highest BCUT2D eigenvalue weighted by Crippen LogP contribution is 2.15. The minimum absolute atomic E-state index is 0.0442. The van der Waals surface area contributed by atoms with Crippen molar-refractivity contribution in [1.29, 1.82) is 0 Å². The van der Waals surface area contributed by atoms with Crippen LogP contribution in [0.15, 0.2) is 54.6 Å². The summed E-state index contributed by atoms with van der Waals surface area (Å²) in [5, 5.41) is 3.07. The number of carbonyl (C=O) groups is 3. The maximum atomic E-state index is 12.6. The SMILES string of the molecule is NC(=O)c1cccc(C(=O)N2CCC(NC(=O)CCc3ccccc3)CC2)c1. The molecule has 0 saturated carbocycles. The molecule has 146 valence electrons. The van der Waals surface area contributed by atoms with Crippen LogP contribution in [0.2, 0.25) is 0 Å². The number of primary amides is 1. The van der Waals surface area contributed by atoms with Gasteiger partial charge in [0.15, 0.2) is 0 Å². The first kappa shape index (κ1) is 19.6. The standard InChI is InChI=1S/C22H25N3O3/c23-21(27)17-7-4-8-18(15-17)22(28)25-13-11-19(12-14-25)24-20(26)10-9-16-5-2-1-3-6-16/h1-8,15,19H,9-14H2,(H2,23,27)(H,24,26). The van der Waals surface area contributed by atoms with Crippen molar-refractivity contribution in [2.75, 3.05) is 13.1 Å². The molecule has 0 aliphatic carbocycles. The molecular formula is C22H25N3O3. The zero-order valence-electron chi connectivity index (χ0n) is 15.8. The molecule has 0 unspecified atom stereocenters. The highest BCUT2D eigenvalue weighted by atomic mass is 16.2. The Bertz CT molecular complexity index is 843. The first-order valence-electron chi connectivity index (χ1n) is 9.55. The first-order valence-corrected chi connectivity index (χ1v) is 9.55. The first-order chi connectivity index (χ1) is 13.5. The fourth-order valence-corrected chi connectivity index (χ4v) is 3.42. The topological polar surface area (TPSA) is 92.5 Å². The summed E-state index contributed by atoms with van der Waals surface area (Å²) >= 11 is 0. The monoisotopic (exact) mass is 379 g/mol. The number of nitrogens with two attached hydrogens (primary N) is 1. The van der Waals surface area contributed by atoms with Crippen LogP contribution in [0.5, 0.6) is 0 Å². The van der Waals surface area contributed by atoms with E-state index >= 15 is 0 Å². The van der Waals surface area contributed by atoms with E-state index in [0.29, 0.717) is 30.6 Å². The predicted molar refractivity (Wildman–Crippen MR) is 107 cm³/mol. The average molecular weight is 379 g/mol. The van der Waals surface area contributed by atoms with E-state index in [-0.39, 0.29) is 17.9 Å². The van der Waals surface area contributed by atoms with Crippen LogP contribution >= 0.6 is 0 Å². The Hall–Kier alpha value is -3.15. The van der Waals surface area contributed by atoms with Gasteiger partial charge in [-0.3, -0.25) is 14.4 Å². The zero-order chi connectivity index (χ0) is 19.9. The van der Waals surface area contributed by atoms with Crippen LogP contribution in [0, 0.1) is 0 Å². The number of piperidine rings is 1. The van der Waals surface area contributed by atoms with Crippen LogP contribution < -0.4 is 11.1 Å². The number of hydrogen-bond acceptors (Lipinski definition) is 3. The van der Waals surface area contributed by atoms with Gasteiger partial charge < -0.3 is 16.0 Å². The number of aryl methyl sites for hydroxylation is 1. The number of carbonyl (C=O) groups excluding carboxylic acids is 3. The summed E-state index contributed by atoms with van der Waals surface area (Å²) < 4.78 is 0. The number of hydrogen-bond donors (Lipinski definition) is 2. The van der Waals surface area contributed by atoms with Crippen LogP contribution in [-0.4, -0.2) is 41.8 Å². The summed E-state index contributed by atoms with van der Waals surface area (Å²) in [5.74, 6) is -0.619. The third-order valence-electron chi connectivity index (χ3n) is 5.02. The van der Waals surface area contributed by atoms with E-state index in [1.54, 1.807) is 23.1 Å². The number of nitrogens with zero attached hydrogens (tertiary/aromatic N) is 1. The second kappa shape index (κ2) is 9.17. The largest absolute Gasteiger partial charge is 0.366 e. The van der Waals surface area contributed by atoms with Crippen molar-refractivity contribution < 1.29 is 14.4 Å². The molecule has 0 bridgehead atoms. The number of likely N-dealkylation sites (tertiary alicyclic amines) is 1. The predicted octanol–water partition coefficient (Wildman–Crippen LogP) is 2.14. The van der Waals surface area contributed by atoms with Crippen LogP contribution in [0.1, 0.15) is 45.5 Å². The minimum atomic E-state index is -0.549. The third-order valence-corrected chi connectivity index (χ3v) is 5.02. The molecule has 3 amide bonds. The minimum Gasteiger partial charge on any atom is -0.366 e. The highest BCUT2D eigenvalue weighted by Gasteiger charge is 2.24. The molecule has 2 aromatic rings. The molecule has 1 heterocycles. The maximum absolute atomic E-state index is 12.6. The molecule has 6 heteroatoms. The Labute approximate surface area is 164 Å². The second-order valence-electron chi connectivity index (χ2n) is 7.06. The number of benzene rings is 2. The lowest BCUT2D eigenvalue weighted by Crippen LogP contribution is -2.46. The van der Waals surface area contributed by atoms with Gasteiger partial charge in [-0.15, -0.1) is 0 Å². The van der Waals surface area contributed by atoms with Crippen LogP contribution in [-0.2, 0) is 11.2 Å². The fraction of sp³-hybridized carbons (Fsp3) is 0.318. The van der Waals surface area contributed by atoms with E-state index in [4.69, 9.17) is 5.73 Å². The van der Waals surface area contributed by atoms with Crippen molar-refractivity contribution in [1.82, 2.24) is 10.2 Å². The van der Waals surface area contributed by atoms with Crippen molar-refractivity contribution >= 4 is 17.7 Å². The van der Waals surface area contributed by atoms with Crippen molar-refractivity contribution in [3.8, 4) is 0 Å². The van der Waals surface area contributed by atoms with E-state index in [2.05, 4.69) is 5.32 Å². The summed E-state index contributed by atoms with van der Waals surface area (Å²) in [6, 6.07) is 16.5. The van der Waals surface area contributed by atoms with Gasteiger partial charge in [-0.1, -0.05) is 36.4 Å². The van der Waals surface area contributed by atoms with E-state index in [1.807, 2.05) is 30.3 Å². The normalized spacial score (nSPS) is 14.5. The molecule has 0 atom stereocenters. The van der Waals surface area contributed by atoms with Gasteiger partial charge in [-0.2, -0.15) is 0 Å². The Morgan fingerprint density at radius 1 is 0.964 bits per heavy atom. The van der Waals surface area contributed by atoms with Gasteiger partial charge in [0.2, 0.25) is 11.8 Å². The molecule has 0 spiro atoms. The van der Waals surface area contributed by atoms with Crippen molar-refractivity contribution in [3.05, 3.63) is 71.3 Å². The Morgan fingerprint density at radius 3 is 2.32 bits per heavy atom. The molecule has 3 N–H and O–H groups in total. The summed E-state index contributed by atoms with van der Waals surface area (Å²) in [4.78, 5) is 37.9. The molecule has 0 aromatic heterocycles. The van der Waals surface area contributed by atoms with E-state index in [9.17, 15) is 14.4 Å². The van der Waals surface area contributed by atoms with Gasteiger partial charge in [0.25, 0.3) is 5.91 Å². The van der Waals surface area contributed by atoms with Crippen LogP contribution in [0.4, 0.5) is 0 Å². The van der Waals surface area contributed by atoms with Crippen molar-refractivity contribution in [3.63, 3.8) is 0 Å². The second-order valence-corrected chi connectivity index (χ2v) is 7.06. The van der Waals surface area contributed by atoms with Gasteiger partial charge in [0.1, 0.15) is 0 Å². The number of nitrogens with one attached hydrogen (secondary N) is 1. The molecule has 6 nitrogen and oxygen atoms in total. The molecule has 1 aliphatic heterocycles. The van der Waals surface area contributed by atoms with E-state index < -0.39 is 5.91 Å². The highest BCUT2D eigenvalue weighted by molar-refractivity contribution is 5.99.